The van der Waals surface area contributed by atoms with E-state index >= 15 is 0 Å². The highest BCUT2D eigenvalue weighted by atomic mass is 16.2. The van der Waals surface area contributed by atoms with Crippen molar-refractivity contribution in [2.45, 2.75) is 33.1 Å². The Kier molecular flexibility index (Phi) is 4.70. The molecule has 86 valence electrons. The monoisotopic (exact) mass is 219 g/mol. The fraction of sp³-hybridized carbons (Fsp3) is 0.385. The normalized spacial score (nSPS) is 9.88. The molecule has 0 spiro atoms. The highest BCUT2D eigenvalue weighted by Crippen LogP contribution is 2.15. The van der Waals surface area contributed by atoms with Gasteiger partial charge < -0.3 is 0 Å². The van der Waals surface area contributed by atoms with Crippen molar-refractivity contribution < 1.29 is 9.59 Å². The zero-order valence-electron chi connectivity index (χ0n) is 9.77. The number of amides is 2. The Labute approximate surface area is 96.1 Å². The summed E-state index contributed by atoms with van der Waals surface area (Å²) in [5.41, 5.74) is 0.649. The summed E-state index contributed by atoms with van der Waals surface area (Å²) in [6.07, 6.45) is 2.19. The van der Waals surface area contributed by atoms with E-state index in [-0.39, 0.29) is 11.8 Å². The molecule has 0 saturated carbocycles. The molecule has 0 aliphatic rings. The topological polar surface area (TPSA) is 37.4 Å². The predicted octanol–water partition coefficient (Wildman–Crippen LogP) is 2.76. The molecule has 0 N–H and O–H groups in total. The highest BCUT2D eigenvalue weighted by molar-refractivity contribution is 6.13. The number of nitrogens with zero attached hydrogens (tertiary/aromatic N) is 1. The van der Waals surface area contributed by atoms with Gasteiger partial charge in [0.2, 0.25) is 11.8 Å². The Morgan fingerprint density at radius 1 is 1.19 bits per heavy atom. The Morgan fingerprint density at radius 2 is 1.81 bits per heavy atom. The van der Waals surface area contributed by atoms with Crippen LogP contribution < -0.4 is 4.90 Å². The first kappa shape index (κ1) is 12.4. The van der Waals surface area contributed by atoms with E-state index in [1.54, 1.807) is 12.1 Å². The first-order valence-electron chi connectivity index (χ1n) is 5.55. The van der Waals surface area contributed by atoms with E-state index in [1.165, 1.54) is 11.8 Å². The molecule has 0 bridgehead atoms. The summed E-state index contributed by atoms with van der Waals surface area (Å²) >= 11 is 0. The molecule has 0 aliphatic carbocycles. The van der Waals surface area contributed by atoms with Crippen LogP contribution >= 0.6 is 0 Å². The largest absolute Gasteiger partial charge is 0.274 e. The smallest absolute Gasteiger partial charge is 0.233 e. The van der Waals surface area contributed by atoms with Crippen molar-refractivity contribution in [2.75, 3.05) is 4.90 Å². The first-order chi connectivity index (χ1) is 7.66. The Balaban J connectivity index is 2.84. The van der Waals surface area contributed by atoms with Crippen LogP contribution in [0.1, 0.15) is 33.1 Å². The maximum absolute atomic E-state index is 11.8. The summed E-state index contributed by atoms with van der Waals surface area (Å²) < 4.78 is 0. The molecule has 0 aromatic heterocycles. The Bertz CT molecular complexity index is 359. The highest BCUT2D eigenvalue weighted by Gasteiger charge is 2.18. The molecule has 3 nitrogen and oxygen atoms in total. The Hall–Kier alpha value is -1.64. The molecule has 0 unspecified atom stereocenters. The van der Waals surface area contributed by atoms with Gasteiger partial charge in [-0.15, -0.1) is 0 Å². The van der Waals surface area contributed by atoms with Gasteiger partial charge in [0.05, 0.1) is 5.69 Å². The number of rotatable bonds is 4. The van der Waals surface area contributed by atoms with Crippen molar-refractivity contribution in [3.63, 3.8) is 0 Å². The summed E-state index contributed by atoms with van der Waals surface area (Å²) in [6.45, 7) is 3.44. The van der Waals surface area contributed by atoms with Crippen molar-refractivity contribution in [1.82, 2.24) is 0 Å². The van der Waals surface area contributed by atoms with Crippen LogP contribution in [0.4, 0.5) is 5.69 Å². The average Bonchev–Trinajstić information content (AvgIpc) is 2.27. The van der Waals surface area contributed by atoms with Crippen LogP contribution in [-0.4, -0.2) is 11.8 Å². The van der Waals surface area contributed by atoms with E-state index in [1.807, 2.05) is 25.1 Å². The van der Waals surface area contributed by atoms with Gasteiger partial charge >= 0.3 is 0 Å². The molecule has 1 aromatic rings. The number of anilines is 1. The molecule has 1 rings (SSSR count). The van der Waals surface area contributed by atoms with Gasteiger partial charge in [-0.2, -0.15) is 0 Å². The van der Waals surface area contributed by atoms with Crippen molar-refractivity contribution in [3.05, 3.63) is 30.3 Å². The third-order valence-corrected chi connectivity index (χ3v) is 2.32. The molecule has 0 aliphatic heterocycles. The second-order valence-corrected chi connectivity index (χ2v) is 3.69. The maximum atomic E-state index is 11.8. The summed E-state index contributed by atoms with van der Waals surface area (Å²) in [4.78, 5) is 24.5. The van der Waals surface area contributed by atoms with Crippen LogP contribution in [0.15, 0.2) is 30.3 Å². The number of hydrogen-bond donors (Lipinski definition) is 0. The fourth-order valence-corrected chi connectivity index (χ4v) is 1.52. The number of carbonyl (C=O) groups is 2. The molecule has 1 aromatic carbocycles. The van der Waals surface area contributed by atoms with Crippen LogP contribution in [0.3, 0.4) is 0 Å². The van der Waals surface area contributed by atoms with Gasteiger partial charge in [-0.05, 0) is 18.6 Å². The van der Waals surface area contributed by atoms with E-state index < -0.39 is 0 Å². The lowest BCUT2D eigenvalue weighted by atomic mass is 10.2. The third-order valence-electron chi connectivity index (χ3n) is 2.32. The van der Waals surface area contributed by atoms with E-state index in [0.717, 1.165) is 12.8 Å². The summed E-state index contributed by atoms with van der Waals surface area (Å²) in [7, 11) is 0. The molecule has 0 radical (unpaired) electrons. The molecule has 0 saturated heterocycles. The zero-order valence-corrected chi connectivity index (χ0v) is 9.77. The van der Waals surface area contributed by atoms with Crippen molar-refractivity contribution in [3.8, 4) is 0 Å². The summed E-state index contributed by atoms with van der Waals surface area (Å²) in [6, 6.07) is 9.03. The zero-order chi connectivity index (χ0) is 12.0. The Morgan fingerprint density at radius 3 is 2.31 bits per heavy atom. The second kappa shape index (κ2) is 6.05. The van der Waals surface area contributed by atoms with Crippen LogP contribution in [0.25, 0.3) is 0 Å². The second-order valence-electron chi connectivity index (χ2n) is 3.69. The van der Waals surface area contributed by atoms with E-state index in [0.29, 0.717) is 12.1 Å². The van der Waals surface area contributed by atoms with Crippen molar-refractivity contribution in [1.29, 1.82) is 0 Å². The third kappa shape index (κ3) is 3.19. The molecule has 0 heterocycles. The molecule has 16 heavy (non-hydrogen) atoms. The predicted molar refractivity (Wildman–Crippen MR) is 64.1 cm³/mol. The number of para-hydroxylation sites is 1. The number of carbonyl (C=O) groups excluding carboxylic acids is 2. The quantitative estimate of drug-likeness (QED) is 0.780. The van der Waals surface area contributed by atoms with Gasteiger partial charge in [-0.3, -0.25) is 14.5 Å². The number of unbranched alkanes of at least 4 members (excludes halogenated alkanes) is 1. The van der Waals surface area contributed by atoms with Crippen molar-refractivity contribution >= 4 is 17.5 Å². The van der Waals surface area contributed by atoms with Crippen molar-refractivity contribution in [2.24, 2.45) is 0 Å². The van der Waals surface area contributed by atoms with Gasteiger partial charge in [-0.1, -0.05) is 31.5 Å². The van der Waals surface area contributed by atoms with Gasteiger partial charge in [0.15, 0.2) is 0 Å². The van der Waals surface area contributed by atoms with Crippen LogP contribution in [0.5, 0.6) is 0 Å². The average molecular weight is 219 g/mol. The minimum Gasteiger partial charge on any atom is -0.274 e. The lowest BCUT2D eigenvalue weighted by Crippen LogP contribution is -2.34. The minimum absolute atomic E-state index is 0.124. The van der Waals surface area contributed by atoms with Crippen LogP contribution in [-0.2, 0) is 9.59 Å². The summed E-state index contributed by atoms with van der Waals surface area (Å²) in [5, 5.41) is 0. The number of hydrogen-bond acceptors (Lipinski definition) is 2. The summed E-state index contributed by atoms with van der Waals surface area (Å²) in [5.74, 6) is -0.354. The van der Waals surface area contributed by atoms with Gasteiger partial charge in [0, 0.05) is 13.3 Å². The first-order valence-corrected chi connectivity index (χ1v) is 5.55. The van der Waals surface area contributed by atoms with Gasteiger partial charge in [0.1, 0.15) is 0 Å². The maximum Gasteiger partial charge on any atom is 0.233 e. The number of imide groups is 1. The minimum atomic E-state index is -0.229. The molecule has 0 atom stereocenters. The standard InChI is InChI=1S/C13H17NO2/c1-3-4-10-13(16)14(11(2)15)12-8-6-5-7-9-12/h5-9H,3-4,10H2,1-2H3. The van der Waals surface area contributed by atoms with E-state index in [2.05, 4.69) is 0 Å². The molecular formula is C13H17NO2. The molecule has 0 fully saturated rings. The van der Waals surface area contributed by atoms with Crippen LogP contribution in [0.2, 0.25) is 0 Å². The molecular weight excluding hydrogens is 202 g/mol. The lowest BCUT2D eigenvalue weighted by molar-refractivity contribution is -0.125. The number of benzene rings is 1. The van der Waals surface area contributed by atoms with Crippen LogP contribution in [0, 0.1) is 0 Å². The lowest BCUT2D eigenvalue weighted by Gasteiger charge is -2.18. The van der Waals surface area contributed by atoms with Gasteiger partial charge in [-0.25, -0.2) is 0 Å². The van der Waals surface area contributed by atoms with E-state index in [4.69, 9.17) is 0 Å². The molecule has 3 heteroatoms. The molecule has 2 amide bonds. The fourth-order valence-electron chi connectivity index (χ4n) is 1.52. The SMILES string of the molecule is CCCCC(=O)N(C(C)=O)c1ccccc1. The van der Waals surface area contributed by atoms with E-state index in [9.17, 15) is 9.59 Å². The van der Waals surface area contributed by atoms with Gasteiger partial charge in [0.25, 0.3) is 0 Å².